The third kappa shape index (κ3) is 4.09. The quantitative estimate of drug-likeness (QED) is 0.760. The van der Waals surface area contributed by atoms with E-state index in [2.05, 4.69) is 28.5 Å². The van der Waals surface area contributed by atoms with Gasteiger partial charge in [-0.2, -0.15) is 10.2 Å². The molecular formula is C10H16N4O. The van der Waals surface area contributed by atoms with Gasteiger partial charge in [0, 0.05) is 25.9 Å². The summed E-state index contributed by atoms with van der Waals surface area (Å²) in [5.41, 5.74) is 0. The molecule has 0 aliphatic carbocycles. The van der Waals surface area contributed by atoms with Gasteiger partial charge in [0.1, 0.15) is 0 Å². The van der Waals surface area contributed by atoms with Crippen molar-refractivity contribution in [1.29, 1.82) is 5.26 Å². The van der Waals surface area contributed by atoms with Crippen LogP contribution >= 0.6 is 0 Å². The van der Waals surface area contributed by atoms with E-state index in [4.69, 9.17) is 9.78 Å². The molecule has 0 radical (unpaired) electrons. The Morgan fingerprint density at radius 2 is 2.40 bits per heavy atom. The van der Waals surface area contributed by atoms with Crippen molar-refractivity contribution in [3.63, 3.8) is 0 Å². The summed E-state index contributed by atoms with van der Waals surface area (Å²) in [4.78, 5) is 4.10. The van der Waals surface area contributed by atoms with E-state index in [0.717, 1.165) is 19.4 Å². The third-order valence-corrected chi connectivity index (χ3v) is 2.18. The van der Waals surface area contributed by atoms with Crippen LogP contribution in [0.4, 0.5) is 0 Å². The van der Waals surface area contributed by atoms with E-state index in [1.54, 1.807) is 6.92 Å². The van der Waals surface area contributed by atoms with Gasteiger partial charge in [-0.05, 0) is 6.42 Å². The minimum absolute atomic E-state index is 0.267. The van der Waals surface area contributed by atoms with Gasteiger partial charge in [0.05, 0.1) is 12.5 Å². The van der Waals surface area contributed by atoms with Crippen molar-refractivity contribution < 1.29 is 4.52 Å². The number of nitrogens with zero attached hydrogens (tertiary/aromatic N) is 3. The smallest absolute Gasteiger partial charge is 0.223 e. The normalized spacial score (nSPS) is 12.3. The number of rotatable bonds is 6. The first-order chi connectivity index (χ1) is 7.26. The van der Waals surface area contributed by atoms with Gasteiger partial charge in [0.25, 0.3) is 0 Å². The molecule has 1 atom stereocenters. The van der Waals surface area contributed by atoms with Gasteiger partial charge in [0.2, 0.25) is 5.89 Å². The molecule has 0 bridgehead atoms. The molecule has 0 amide bonds. The molecule has 0 spiro atoms. The van der Waals surface area contributed by atoms with Crippen molar-refractivity contribution in [3.05, 3.63) is 11.7 Å². The molecule has 0 aliphatic heterocycles. The summed E-state index contributed by atoms with van der Waals surface area (Å²) in [5.74, 6) is 1.31. The van der Waals surface area contributed by atoms with Gasteiger partial charge >= 0.3 is 0 Å². The van der Waals surface area contributed by atoms with Crippen LogP contribution in [0, 0.1) is 18.3 Å². The zero-order valence-corrected chi connectivity index (χ0v) is 9.16. The summed E-state index contributed by atoms with van der Waals surface area (Å²) in [7, 11) is 0. The van der Waals surface area contributed by atoms with Crippen LogP contribution in [-0.2, 0) is 6.42 Å². The topological polar surface area (TPSA) is 74.7 Å². The van der Waals surface area contributed by atoms with E-state index in [-0.39, 0.29) is 6.04 Å². The van der Waals surface area contributed by atoms with Crippen molar-refractivity contribution >= 4 is 0 Å². The standard InChI is InChI=1S/C10H16N4O/c1-3-9(4-6-11)12-7-5-10-13-8(2)15-14-10/h9,12H,3-5,7H2,1-2H3. The Morgan fingerprint density at radius 1 is 1.60 bits per heavy atom. The number of aromatic nitrogens is 2. The van der Waals surface area contributed by atoms with E-state index in [1.165, 1.54) is 0 Å². The van der Waals surface area contributed by atoms with Crippen LogP contribution in [-0.4, -0.2) is 22.7 Å². The molecule has 1 aromatic heterocycles. The van der Waals surface area contributed by atoms with Crippen LogP contribution in [0.5, 0.6) is 0 Å². The Morgan fingerprint density at radius 3 is 2.93 bits per heavy atom. The van der Waals surface area contributed by atoms with Gasteiger partial charge in [-0.1, -0.05) is 12.1 Å². The number of hydrogen-bond donors (Lipinski definition) is 1. The Balaban J connectivity index is 2.23. The maximum atomic E-state index is 8.56. The molecule has 1 aromatic rings. The Labute approximate surface area is 89.5 Å². The Kier molecular flexibility index (Phi) is 4.78. The Bertz CT molecular complexity index is 328. The first-order valence-corrected chi connectivity index (χ1v) is 5.15. The highest BCUT2D eigenvalue weighted by molar-refractivity contribution is 4.86. The summed E-state index contributed by atoms with van der Waals surface area (Å²) >= 11 is 0. The summed E-state index contributed by atoms with van der Waals surface area (Å²) in [6.07, 6.45) is 2.24. The van der Waals surface area contributed by atoms with Gasteiger partial charge in [-0.3, -0.25) is 0 Å². The zero-order chi connectivity index (χ0) is 11.1. The van der Waals surface area contributed by atoms with Crippen LogP contribution in [0.15, 0.2) is 4.52 Å². The van der Waals surface area contributed by atoms with Crippen molar-refractivity contribution in [2.45, 2.75) is 39.2 Å². The lowest BCUT2D eigenvalue weighted by atomic mass is 10.1. The van der Waals surface area contributed by atoms with Gasteiger partial charge < -0.3 is 9.84 Å². The zero-order valence-electron chi connectivity index (χ0n) is 9.16. The molecule has 5 nitrogen and oxygen atoms in total. The van der Waals surface area contributed by atoms with E-state index < -0.39 is 0 Å². The predicted octanol–water partition coefficient (Wildman–Crippen LogP) is 1.20. The van der Waals surface area contributed by atoms with Crippen LogP contribution in [0.2, 0.25) is 0 Å². The molecule has 15 heavy (non-hydrogen) atoms. The van der Waals surface area contributed by atoms with Gasteiger partial charge in [-0.15, -0.1) is 0 Å². The fourth-order valence-electron chi connectivity index (χ4n) is 1.30. The van der Waals surface area contributed by atoms with E-state index in [9.17, 15) is 0 Å². The molecular weight excluding hydrogens is 192 g/mol. The largest absolute Gasteiger partial charge is 0.340 e. The Hall–Kier alpha value is -1.41. The lowest BCUT2D eigenvalue weighted by molar-refractivity contribution is 0.386. The SMILES string of the molecule is CCC(CC#N)NCCc1noc(C)n1. The van der Waals surface area contributed by atoms with Crippen molar-refractivity contribution in [3.8, 4) is 6.07 Å². The number of hydrogen-bond acceptors (Lipinski definition) is 5. The average Bonchev–Trinajstić information content (AvgIpc) is 2.63. The van der Waals surface area contributed by atoms with E-state index in [1.807, 2.05) is 0 Å². The van der Waals surface area contributed by atoms with Crippen molar-refractivity contribution in [2.24, 2.45) is 0 Å². The number of nitrogens with one attached hydrogen (secondary N) is 1. The van der Waals surface area contributed by atoms with Gasteiger partial charge in [0.15, 0.2) is 5.82 Å². The highest BCUT2D eigenvalue weighted by atomic mass is 16.5. The molecule has 0 saturated carbocycles. The second kappa shape index (κ2) is 6.14. The van der Waals surface area contributed by atoms with Crippen LogP contribution in [0.25, 0.3) is 0 Å². The van der Waals surface area contributed by atoms with Crippen molar-refractivity contribution in [1.82, 2.24) is 15.5 Å². The first kappa shape index (κ1) is 11.7. The molecule has 1 unspecified atom stereocenters. The van der Waals surface area contributed by atoms with E-state index in [0.29, 0.717) is 18.1 Å². The predicted molar refractivity (Wildman–Crippen MR) is 55.1 cm³/mol. The molecule has 0 saturated heterocycles. The maximum absolute atomic E-state index is 8.56. The average molecular weight is 208 g/mol. The minimum atomic E-state index is 0.267. The molecule has 1 rings (SSSR count). The third-order valence-electron chi connectivity index (χ3n) is 2.18. The van der Waals surface area contributed by atoms with Crippen molar-refractivity contribution in [2.75, 3.05) is 6.54 Å². The molecule has 82 valence electrons. The van der Waals surface area contributed by atoms with E-state index >= 15 is 0 Å². The lowest BCUT2D eigenvalue weighted by Crippen LogP contribution is -2.30. The van der Waals surface area contributed by atoms with Gasteiger partial charge in [-0.25, -0.2) is 0 Å². The number of nitriles is 1. The second-order valence-electron chi connectivity index (χ2n) is 3.40. The highest BCUT2D eigenvalue weighted by Gasteiger charge is 2.06. The number of aryl methyl sites for hydroxylation is 1. The molecule has 5 heteroatoms. The fraction of sp³-hybridized carbons (Fsp3) is 0.700. The second-order valence-corrected chi connectivity index (χ2v) is 3.40. The monoisotopic (exact) mass is 208 g/mol. The summed E-state index contributed by atoms with van der Waals surface area (Å²) < 4.78 is 4.85. The minimum Gasteiger partial charge on any atom is -0.340 e. The molecule has 0 aromatic carbocycles. The maximum Gasteiger partial charge on any atom is 0.223 e. The molecule has 0 aliphatic rings. The summed E-state index contributed by atoms with van der Waals surface area (Å²) in [5, 5.41) is 15.6. The van der Waals surface area contributed by atoms with Crippen LogP contribution < -0.4 is 5.32 Å². The summed E-state index contributed by atoms with van der Waals surface area (Å²) in [6, 6.07) is 2.43. The fourth-order valence-corrected chi connectivity index (χ4v) is 1.30. The van der Waals surface area contributed by atoms with Crippen LogP contribution in [0.3, 0.4) is 0 Å². The van der Waals surface area contributed by atoms with Crippen LogP contribution in [0.1, 0.15) is 31.5 Å². The summed E-state index contributed by atoms with van der Waals surface area (Å²) in [6.45, 7) is 4.61. The first-order valence-electron chi connectivity index (χ1n) is 5.15. The lowest BCUT2D eigenvalue weighted by Gasteiger charge is -2.11. The molecule has 1 heterocycles. The molecule has 0 fully saturated rings. The highest BCUT2D eigenvalue weighted by Crippen LogP contribution is 1.98. The molecule has 1 N–H and O–H groups in total.